The number of carbonyl (C=O) groups excluding carboxylic acids is 2. The fourth-order valence-electron chi connectivity index (χ4n) is 9.16. The third-order valence-electron chi connectivity index (χ3n) is 12.0. The number of H-pyrrole nitrogens is 1. The zero-order valence-corrected chi connectivity index (χ0v) is 36.9. The van der Waals surface area contributed by atoms with Gasteiger partial charge in [-0.2, -0.15) is 0 Å². The van der Waals surface area contributed by atoms with Gasteiger partial charge in [-0.25, -0.2) is 14.6 Å². The lowest BCUT2D eigenvalue weighted by Gasteiger charge is -2.47. The van der Waals surface area contributed by atoms with Gasteiger partial charge in [0, 0.05) is 62.2 Å². The molecule has 3 amide bonds. The number of nitrogens with one attached hydrogen (secondary N) is 1. The first-order chi connectivity index (χ1) is 28.2. The summed E-state index contributed by atoms with van der Waals surface area (Å²) in [6, 6.07) is 27.6. The van der Waals surface area contributed by atoms with Crippen LogP contribution in [0.15, 0.2) is 91.3 Å². The third kappa shape index (κ3) is 8.27. The fraction of sp³-hybridized carbons (Fsp3) is 0.426. The normalized spacial score (nSPS) is 18.2. The van der Waals surface area contributed by atoms with E-state index in [9.17, 15) is 9.59 Å². The first kappa shape index (κ1) is 41.1. The van der Waals surface area contributed by atoms with Crippen molar-refractivity contribution < 1.29 is 23.5 Å². The van der Waals surface area contributed by atoms with Crippen molar-refractivity contribution in [3.05, 3.63) is 113 Å². The standard InChI is InChI=1S/C47H56ClN5O5Si/c1-46(2,3)57-45(55)53-23-24-56-31-42(53)38-26-33(34-27-39-41(48)29-50-43(39)49-28-34)25-32-17-20-52(30-40(32)38)44(54)51-21-18-35(19-22-51)58-59(47(4,5)6,36-13-9-7-10-14-36)37-15-11-8-12-16-37/h7-16,25-29,35,42H,17-24,30-31H2,1-6H3,(H,49,50). The Morgan fingerprint density at radius 2 is 1.54 bits per heavy atom. The monoisotopic (exact) mass is 833 g/mol. The Balaban J connectivity index is 1.06. The predicted octanol–water partition coefficient (Wildman–Crippen LogP) is 8.71. The molecule has 2 saturated heterocycles. The minimum absolute atomic E-state index is 0.0254. The van der Waals surface area contributed by atoms with Gasteiger partial charge in [0.05, 0.1) is 24.3 Å². The van der Waals surface area contributed by atoms with Crippen LogP contribution in [-0.4, -0.2) is 96.2 Å². The topological polar surface area (TPSA) is 100 Å². The Bertz CT molecular complexity index is 2260. The molecule has 59 heavy (non-hydrogen) atoms. The number of carbonyl (C=O) groups is 2. The number of piperidine rings is 1. The number of hydrogen-bond acceptors (Lipinski definition) is 6. The van der Waals surface area contributed by atoms with Crippen molar-refractivity contribution in [2.24, 2.45) is 0 Å². The molecule has 3 aromatic carbocycles. The van der Waals surface area contributed by atoms with Gasteiger partial charge in [0.2, 0.25) is 0 Å². The molecule has 8 rings (SSSR count). The van der Waals surface area contributed by atoms with Crippen LogP contribution in [-0.2, 0) is 26.9 Å². The molecule has 1 unspecified atom stereocenters. The van der Waals surface area contributed by atoms with Gasteiger partial charge in [0.15, 0.2) is 0 Å². The highest BCUT2D eigenvalue weighted by Crippen LogP contribution is 2.40. The molecule has 3 aliphatic rings. The van der Waals surface area contributed by atoms with Crippen molar-refractivity contribution in [3.63, 3.8) is 0 Å². The van der Waals surface area contributed by atoms with E-state index in [1.165, 1.54) is 10.4 Å². The molecule has 2 aromatic heterocycles. The number of rotatable bonds is 6. The number of hydrogen-bond donors (Lipinski definition) is 1. The molecule has 0 radical (unpaired) electrons. The Kier molecular flexibility index (Phi) is 11.4. The average Bonchev–Trinajstić information content (AvgIpc) is 3.61. The van der Waals surface area contributed by atoms with E-state index in [1.807, 2.05) is 36.8 Å². The summed E-state index contributed by atoms with van der Waals surface area (Å²) in [4.78, 5) is 41.8. The lowest BCUT2D eigenvalue weighted by molar-refractivity contribution is -0.0334. The van der Waals surface area contributed by atoms with E-state index in [-0.39, 0.29) is 23.3 Å². The smallest absolute Gasteiger partial charge is 0.410 e. The molecule has 3 aliphatic heterocycles. The van der Waals surface area contributed by atoms with Crippen LogP contribution in [0.5, 0.6) is 0 Å². The summed E-state index contributed by atoms with van der Waals surface area (Å²) in [7, 11) is -2.72. The maximum Gasteiger partial charge on any atom is 0.410 e. The van der Waals surface area contributed by atoms with Gasteiger partial charge in [-0.3, -0.25) is 4.90 Å². The zero-order chi connectivity index (χ0) is 41.5. The van der Waals surface area contributed by atoms with Gasteiger partial charge < -0.3 is 28.7 Å². The van der Waals surface area contributed by atoms with Crippen LogP contribution >= 0.6 is 11.6 Å². The van der Waals surface area contributed by atoms with E-state index in [4.69, 9.17) is 25.5 Å². The van der Waals surface area contributed by atoms with E-state index in [2.05, 4.69) is 110 Å². The molecular weight excluding hydrogens is 778 g/mol. The number of benzene rings is 3. The quantitative estimate of drug-likeness (QED) is 0.172. The second-order valence-corrected chi connectivity index (χ2v) is 22.8. The van der Waals surface area contributed by atoms with Gasteiger partial charge in [0.25, 0.3) is 8.32 Å². The second kappa shape index (κ2) is 16.4. The van der Waals surface area contributed by atoms with Crippen molar-refractivity contribution in [2.75, 3.05) is 39.4 Å². The number of nitrogens with zero attached hydrogens (tertiary/aromatic N) is 4. The van der Waals surface area contributed by atoms with Crippen molar-refractivity contribution >= 4 is 53.4 Å². The summed E-state index contributed by atoms with van der Waals surface area (Å²) in [5.41, 5.74) is 5.12. The number of aromatic amines is 1. The summed E-state index contributed by atoms with van der Waals surface area (Å²) < 4.78 is 19.4. The number of pyridine rings is 1. The Hall–Kier alpha value is -4.68. The number of amides is 3. The van der Waals surface area contributed by atoms with Crippen LogP contribution in [0, 0.1) is 0 Å². The van der Waals surface area contributed by atoms with Crippen LogP contribution in [0.2, 0.25) is 10.1 Å². The summed E-state index contributed by atoms with van der Waals surface area (Å²) in [5, 5.41) is 3.86. The second-order valence-electron chi connectivity index (χ2n) is 18.1. The van der Waals surface area contributed by atoms with Crippen LogP contribution < -0.4 is 10.4 Å². The van der Waals surface area contributed by atoms with E-state index in [0.717, 1.165) is 51.7 Å². The number of aromatic nitrogens is 2. The van der Waals surface area contributed by atoms with E-state index in [0.29, 0.717) is 57.4 Å². The molecule has 2 fully saturated rings. The van der Waals surface area contributed by atoms with Crippen molar-refractivity contribution in [1.29, 1.82) is 0 Å². The van der Waals surface area contributed by atoms with Crippen molar-refractivity contribution in [1.82, 2.24) is 24.7 Å². The first-order valence-corrected chi connectivity index (χ1v) is 23.2. The zero-order valence-electron chi connectivity index (χ0n) is 35.1. The molecule has 0 saturated carbocycles. The number of ether oxygens (including phenoxy) is 2. The lowest BCUT2D eigenvalue weighted by Crippen LogP contribution is -2.68. The Labute approximate surface area is 353 Å². The molecule has 0 spiro atoms. The molecule has 0 bridgehead atoms. The van der Waals surface area contributed by atoms with E-state index >= 15 is 0 Å². The molecule has 5 aromatic rings. The largest absolute Gasteiger partial charge is 0.444 e. The molecule has 12 heteroatoms. The molecule has 5 heterocycles. The summed E-state index contributed by atoms with van der Waals surface area (Å²) >= 11 is 6.53. The maximum atomic E-state index is 14.5. The highest BCUT2D eigenvalue weighted by atomic mass is 35.5. The van der Waals surface area contributed by atoms with Crippen LogP contribution in [0.25, 0.3) is 22.2 Å². The van der Waals surface area contributed by atoms with Gasteiger partial charge in [-0.15, -0.1) is 0 Å². The highest BCUT2D eigenvalue weighted by Gasteiger charge is 2.52. The number of urea groups is 1. The summed E-state index contributed by atoms with van der Waals surface area (Å²) in [6.45, 7) is 16.0. The molecule has 1 atom stereocenters. The van der Waals surface area contributed by atoms with Gasteiger partial charge in [-0.05, 0) is 89.8 Å². The van der Waals surface area contributed by atoms with Crippen molar-refractivity contribution in [2.45, 2.75) is 90.1 Å². The Morgan fingerprint density at radius 3 is 2.19 bits per heavy atom. The van der Waals surface area contributed by atoms with E-state index in [1.54, 1.807) is 11.1 Å². The maximum absolute atomic E-state index is 14.5. The minimum atomic E-state index is -2.72. The van der Waals surface area contributed by atoms with Gasteiger partial charge >= 0.3 is 12.1 Å². The molecule has 310 valence electrons. The highest BCUT2D eigenvalue weighted by molar-refractivity contribution is 6.99. The number of morpholine rings is 1. The SMILES string of the molecule is CC(C)(C)OC(=O)N1CCOCC1c1cc(-c2cnc3[nH]cc(Cl)c3c2)cc2c1CN(C(=O)N1CCC(O[Si](c3ccccc3)(c3ccccc3)C(C)(C)C)CC1)CC2. The van der Waals surface area contributed by atoms with E-state index < -0.39 is 20.0 Å². The van der Waals surface area contributed by atoms with Gasteiger partial charge in [0.1, 0.15) is 11.2 Å². The first-order valence-electron chi connectivity index (χ1n) is 20.9. The molecule has 1 N–H and O–H groups in total. The van der Waals surface area contributed by atoms with Gasteiger partial charge in [-0.1, -0.05) is 99.1 Å². The average molecular weight is 835 g/mol. The molecule has 0 aliphatic carbocycles. The minimum Gasteiger partial charge on any atom is -0.444 e. The fourth-order valence-corrected chi connectivity index (χ4v) is 14.1. The Morgan fingerprint density at radius 1 is 0.864 bits per heavy atom. The van der Waals surface area contributed by atoms with Crippen molar-refractivity contribution in [3.8, 4) is 11.1 Å². The molecule has 10 nitrogen and oxygen atoms in total. The van der Waals surface area contributed by atoms with Crippen LogP contribution in [0.4, 0.5) is 9.59 Å². The van der Waals surface area contributed by atoms with Crippen LogP contribution in [0.1, 0.15) is 77.1 Å². The summed E-state index contributed by atoms with van der Waals surface area (Å²) in [5.74, 6) is 0. The third-order valence-corrected chi connectivity index (χ3v) is 17.5. The predicted molar refractivity (Wildman–Crippen MR) is 236 cm³/mol. The number of fused-ring (bicyclic) bond motifs is 2. The number of halogens is 1. The lowest BCUT2D eigenvalue weighted by atomic mass is 9.87. The summed E-state index contributed by atoms with van der Waals surface area (Å²) in [6.07, 6.45) is 5.46. The number of likely N-dealkylation sites (tertiary alicyclic amines) is 1. The molecular formula is C47H56ClN5O5Si. The van der Waals surface area contributed by atoms with Crippen LogP contribution in [0.3, 0.4) is 0 Å².